The summed E-state index contributed by atoms with van der Waals surface area (Å²) in [6, 6.07) is 11.0. The maximum atomic E-state index is 5.85. The highest BCUT2D eigenvalue weighted by molar-refractivity contribution is 7.80. The molecule has 24 heavy (non-hydrogen) atoms. The lowest BCUT2D eigenvalue weighted by molar-refractivity contribution is -0.0710. The molecular weight excluding hydrogens is 318 g/mol. The largest absolute Gasteiger partial charge is 0.373 e. The van der Waals surface area contributed by atoms with E-state index in [9.17, 15) is 0 Å². The fraction of sp³-hybridized carbons (Fsp3) is 0.632. The molecule has 5 heteroatoms. The summed E-state index contributed by atoms with van der Waals surface area (Å²) in [5, 5.41) is 4.34. The highest BCUT2D eigenvalue weighted by Crippen LogP contribution is 2.21. The van der Waals surface area contributed by atoms with Crippen LogP contribution in [0.5, 0.6) is 0 Å². The quantitative estimate of drug-likeness (QED) is 0.846. The maximum Gasteiger partial charge on any atom is 0.169 e. The van der Waals surface area contributed by atoms with Crippen molar-refractivity contribution in [2.24, 2.45) is 0 Å². The van der Waals surface area contributed by atoms with Crippen molar-refractivity contribution in [2.75, 3.05) is 26.2 Å². The molecule has 0 aliphatic carbocycles. The predicted molar refractivity (Wildman–Crippen MR) is 102 cm³/mol. The summed E-state index contributed by atoms with van der Waals surface area (Å²) in [5.74, 6) is 0. The van der Waals surface area contributed by atoms with Gasteiger partial charge in [0.1, 0.15) is 0 Å². The van der Waals surface area contributed by atoms with E-state index in [-0.39, 0.29) is 0 Å². The van der Waals surface area contributed by atoms with Crippen molar-refractivity contribution < 1.29 is 4.74 Å². The van der Waals surface area contributed by atoms with Gasteiger partial charge in [0.05, 0.1) is 12.2 Å². The third-order valence-electron chi connectivity index (χ3n) is 4.89. The van der Waals surface area contributed by atoms with E-state index in [1.165, 1.54) is 18.4 Å². The number of rotatable bonds is 4. The number of likely N-dealkylation sites (tertiary alicyclic amines) is 1. The highest BCUT2D eigenvalue weighted by Gasteiger charge is 2.30. The Balaban J connectivity index is 1.52. The first-order valence-electron chi connectivity index (χ1n) is 9.08. The van der Waals surface area contributed by atoms with Gasteiger partial charge < -0.3 is 15.0 Å². The van der Waals surface area contributed by atoms with Crippen LogP contribution in [0.15, 0.2) is 30.3 Å². The van der Waals surface area contributed by atoms with Crippen molar-refractivity contribution in [2.45, 2.75) is 51.5 Å². The van der Waals surface area contributed by atoms with Crippen LogP contribution in [0, 0.1) is 0 Å². The lowest BCUT2D eigenvalue weighted by atomic mass is 10.1. The van der Waals surface area contributed by atoms with Crippen LogP contribution in [0.2, 0.25) is 0 Å². The molecule has 4 nitrogen and oxygen atoms in total. The number of hydrogen-bond donors (Lipinski definition) is 1. The summed E-state index contributed by atoms with van der Waals surface area (Å²) >= 11 is 5.68. The van der Waals surface area contributed by atoms with E-state index in [0.29, 0.717) is 18.2 Å². The number of benzene rings is 1. The molecule has 2 aliphatic rings. The molecule has 3 atom stereocenters. The topological polar surface area (TPSA) is 27.7 Å². The van der Waals surface area contributed by atoms with Crippen molar-refractivity contribution in [1.82, 2.24) is 15.1 Å². The number of thiocarbonyl (C=S) groups is 1. The second kappa shape index (κ2) is 8.28. The normalized spacial score (nSPS) is 28.1. The summed E-state index contributed by atoms with van der Waals surface area (Å²) in [4.78, 5) is 4.94. The Morgan fingerprint density at radius 2 is 1.92 bits per heavy atom. The molecule has 2 aliphatic heterocycles. The third-order valence-corrected chi connectivity index (χ3v) is 5.27. The van der Waals surface area contributed by atoms with Crippen LogP contribution in [0.3, 0.4) is 0 Å². The van der Waals surface area contributed by atoms with Crippen molar-refractivity contribution in [1.29, 1.82) is 0 Å². The molecule has 2 saturated heterocycles. The molecule has 1 aromatic rings. The Morgan fingerprint density at radius 3 is 2.62 bits per heavy atom. The fourth-order valence-electron chi connectivity index (χ4n) is 3.90. The van der Waals surface area contributed by atoms with Crippen LogP contribution >= 0.6 is 12.2 Å². The minimum absolute atomic E-state index is 0.326. The van der Waals surface area contributed by atoms with Crippen molar-refractivity contribution in [3.63, 3.8) is 0 Å². The first-order chi connectivity index (χ1) is 11.6. The zero-order chi connectivity index (χ0) is 16.9. The second-order valence-corrected chi connectivity index (χ2v) is 7.50. The van der Waals surface area contributed by atoms with Crippen LogP contribution in [0.4, 0.5) is 0 Å². The summed E-state index contributed by atoms with van der Waals surface area (Å²) in [6.07, 6.45) is 3.11. The van der Waals surface area contributed by atoms with Gasteiger partial charge in [-0.05, 0) is 44.5 Å². The molecule has 0 spiro atoms. The van der Waals surface area contributed by atoms with Gasteiger partial charge in [-0.15, -0.1) is 0 Å². The molecule has 0 bridgehead atoms. The van der Waals surface area contributed by atoms with E-state index < -0.39 is 0 Å². The highest BCUT2D eigenvalue weighted by atomic mass is 32.1. The lowest BCUT2D eigenvalue weighted by Crippen LogP contribution is -2.52. The molecule has 3 rings (SSSR count). The Labute approximate surface area is 151 Å². The van der Waals surface area contributed by atoms with Crippen LogP contribution < -0.4 is 5.32 Å². The van der Waals surface area contributed by atoms with E-state index in [0.717, 1.165) is 37.8 Å². The van der Waals surface area contributed by atoms with Gasteiger partial charge >= 0.3 is 0 Å². The van der Waals surface area contributed by atoms with Crippen LogP contribution in [-0.4, -0.2) is 59.3 Å². The first kappa shape index (κ1) is 17.6. The number of hydrogen-bond acceptors (Lipinski definition) is 3. The van der Waals surface area contributed by atoms with E-state index in [1.807, 2.05) is 6.07 Å². The van der Waals surface area contributed by atoms with E-state index >= 15 is 0 Å². The standard InChI is InChI=1S/C19H29N3OS/c1-15-12-21(13-16(2)23-15)14-18-9-6-10-22(18)19(24)20-11-17-7-4-3-5-8-17/h3-5,7-8,15-16,18H,6,9-14H2,1-2H3,(H,20,24)/t15-,16-,18+/m1/s1. The molecule has 1 N–H and O–H groups in total. The van der Waals surface area contributed by atoms with Gasteiger partial charge in [-0.2, -0.15) is 0 Å². The Bertz CT molecular complexity index is 529. The van der Waals surface area contributed by atoms with Gasteiger partial charge in [-0.1, -0.05) is 30.3 Å². The van der Waals surface area contributed by atoms with E-state index in [4.69, 9.17) is 17.0 Å². The van der Waals surface area contributed by atoms with Crippen molar-refractivity contribution in [3.05, 3.63) is 35.9 Å². The lowest BCUT2D eigenvalue weighted by Gasteiger charge is -2.38. The van der Waals surface area contributed by atoms with Crippen LogP contribution in [0.25, 0.3) is 0 Å². The number of nitrogens with one attached hydrogen (secondary N) is 1. The fourth-order valence-corrected chi connectivity index (χ4v) is 4.21. The number of nitrogens with zero attached hydrogens (tertiary/aromatic N) is 2. The summed E-state index contributed by atoms with van der Waals surface area (Å²) in [5.41, 5.74) is 1.27. The van der Waals surface area contributed by atoms with Gasteiger partial charge in [0.15, 0.2) is 5.11 Å². The molecule has 0 radical (unpaired) electrons. The summed E-state index contributed by atoms with van der Waals surface area (Å²) < 4.78 is 5.85. The third kappa shape index (κ3) is 4.68. The van der Waals surface area contributed by atoms with Crippen molar-refractivity contribution >= 4 is 17.3 Å². The molecule has 132 valence electrons. The second-order valence-electron chi connectivity index (χ2n) is 7.11. The van der Waals surface area contributed by atoms with E-state index in [2.05, 4.69) is 53.2 Å². The summed E-state index contributed by atoms with van der Waals surface area (Å²) in [7, 11) is 0. The monoisotopic (exact) mass is 347 g/mol. The molecule has 1 aromatic carbocycles. The number of ether oxygens (including phenoxy) is 1. The van der Waals surface area contributed by atoms with Crippen molar-refractivity contribution in [3.8, 4) is 0 Å². The predicted octanol–water partition coefficient (Wildman–Crippen LogP) is 2.63. The molecule has 0 saturated carbocycles. The van der Waals surface area contributed by atoms with Gasteiger partial charge in [-0.3, -0.25) is 4.90 Å². The Kier molecular flexibility index (Phi) is 6.09. The molecule has 2 heterocycles. The molecule has 0 unspecified atom stereocenters. The zero-order valence-corrected chi connectivity index (χ0v) is 15.6. The zero-order valence-electron chi connectivity index (χ0n) is 14.8. The Morgan fingerprint density at radius 1 is 1.21 bits per heavy atom. The minimum Gasteiger partial charge on any atom is -0.373 e. The van der Waals surface area contributed by atoms with Gasteiger partial charge in [0.25, 0.3) is 0 Å². The average molecular weight is 348 g/mol. The van der Waals surface area contributed by atoms with Crippen LogP contribution in [-0.2, 0) is 11.3 Å². The first-order valence-corrected chi connectivity index (χ1v) is 9.49. The van der Waals surface area contributed by atoms with Gasteiger partial charge in [0, 0.05) is 38.8 Å². The SMILES string of the molecule is C[C@@H]1CN(C[C@@H]2CCCN2C(=S)NCc2ccccc2)C[C@@H](C)O1. The summed E-state index contributed by atoms with van der Waals surface area (Å²) in [6.45, 7) is 9.35. The van der Waals surface area contributed by atoms with Crippen LogP contribution in [0.1, 0.15) is 32.3 Å². The maximum absolute atomic E-state index is 5.85. The van der Waals surface area contributed by atoms with Gasteiger partial charge in [-0.25, -0.2) is 0 Å². The van der Waals surface area contributed by atoms with E-state index in [1.54, 1.807) is 0 Å². The molecule has 0 amide bonds. The minimum atomic E-state index is 0.326. The average Bonchev–Trinajstić information content (AvgIpc) is 3.01. The molecule has 2 fully saturated rings. The Hall–Kier alpha value is -1.17. The molecule has 0 aromatic heterocycles. The molecular formula is C19H29N3OS. The van der Waals surface area contributed by atoms with Gasteiger partial charge in [0.2, 0.25) is 0 Å². The number of morpholine rings is 1. The smallest absolute Gasteiger partial charge is 0.169 e.